The fraction of sp³-hybridized carbons (Fsp3) is 1.00. The van der Waals surface area contributed by atoms with Gasteiger partial charge in [0.25, 0.3) is 0 Å². The zero-order valence-corrected chi connectivity index (χ0v) is 7.81. The molecule has 0 radical (unpaired) electrons. The summed E-state index contributed by atoms with van der Waals surface area (Å²) in [5, 5.41) is 0. The van der Waals surface area contributed by atoms with Crippen LogP contribution in [0.2, 0.25) is 0 Å². The number of halogens is 2. The zero-order chi connectivity index (χ0) is 9.00. The monoisotopic (exact) mass is 212 g/mol. The number of hydrogen-bond donors (Lipinski definition) is 3. The Morgan fingerprint density at radius 2 is 1.20 bits per heavy atom. The fourth-order valence-corrected chi connectivity index (χ4v) is 0. The van der Waals surface area contributed by atoms with Crippen LogP contribution >= 0.6 is 31.4 Å². The van der Waals surface area contributed by atoms with E-state index in [1.807, 2.05) is 0 Å². The van der Waals surface area contributed by atoms with Crippen LogP contribution in [0.25, 0.3) is 0 Å². The fourth-order valence-electron chi connectivity index (χ4n) is 0. The summed E-state index contributed by atoms with van der Waals surface area (Å²) < 4.78 is 8.83. The van der Waals surface area contributed by atoms with E-state index in [2.05, 4.69) is 0 Å². The lowest BCUT2D eigenvalue weighted by Crippen LogP contribution is -2.10. The lowest BCUT2D eigenvalue weighted by atomic mass is 11.3. The summed E-state index contributed by atoms with van der Waals surface area (Å²) in [6.45, 7) is 0. The lowest BCUT2D eigenvalue weighted by molar-refractivity contribution is -0.637. The maximum atomic E-state index is 8.88. The molecule has 8 heteroatoms. The highest BCUT2D eigenvalue weighted by molar-refractivity contribution is 7.45. The molecule has 0 bridgehead atoms. The van der Waals surface area contributed by atoms with Gasteiger partial charge in [0.15, 0.2) is 23.6 Å². The van der Waals surface area contributed by atoms with Crippen LogP contribution in [0, 0.1) is 0 Å². The van der Waals surface area contributed by atoms with Gasteiger partial charge in [-0.15, -0.1) is 3.52 Å². The maximum absolute atomic E-state index is 8.88. The molecule has 0 aliphatic rings. The van der Waals surface area contributed by atoms with Gasteiger partial charge >= 0.3 is 7.82 Å². The van der Waals surface area contributed by atoms with Crippen molar-refractivity contribution in [1.29, 1.82) is 0 Å². The molecular weight excluding hydrogens is 204 g/mol. The van der Waals surface area contributed by atoms with E-state index in [0.717, 1.165) is 0 Å². The van der Waals surface area contributed by atoms with Crippen molar-refractivity contribution in [3.63, 3.8) is 0 Å². The molecule has 0 aliphatic heterocycles. The first-order valence-corrected chi connectivity index (χ1v) is 4.26. The molecular formula is C2H9Cl2NO4P+. The van der Waals surface area contributed by atoms with Crippen LogP contribution in [0.5, 0.6) is 0 Å². The standard InChI is InChI=1S/C2H6Cl2N.H3O4P/c2*1-5(2,3)4/h1-2H3;(H3,1,2,3,4)/q+1;. The Morgan fingerprint density at radius 1 is 1.20 bits per heavy atom. The van der Waals surface area contributed by atoms with Crippen LogP contribution < -0.4 is 0 Å². The highest BCUT2D eigenvalue weighted by Crippen LogP contribution is 2.25. The maximum Gasteiger partial charge on any atom is 0.466 e. The second-order valence-electron chi connectivity index (χ2n) is 1.70. The van der Waals surface area contributed by atoms with Gasteiger partial charge in [-0.3, -0.25) is 0 Å². The molecule has 0 heterocycles. The third kappa shape index (κ3) is 1200. The van der Waals surface area contributed by atoms with Crippen molar-refractivity contribution < 1.29 is 22.8 Å². The zero-order valence-electron chi connectivity index (χ0n) is 5.40. The quantitative estimate of drug-likeness (QED) is 0.403. The predicted molar refractivity (Wildman–Crippen MR) is 38.1 cm³/mol. The molecule has 0 amide bonds. The Hall–Kier alpha value is 0.650. The molecule has 0 aliphatic carbocycles. The van der Waals surface area contributed by atoms with Gasteiger partial charge in [-0.2, -0.15) is 0 Å². The Morgan fingerprint density at radius 3 is 1.20 bits per heavy atom. The first-order chi connectivity index (χ1) is 4.00. The lowest BCUT2D eigenvalue weighted by Gasteiger charge is -2.00. The van der Waals surface area contributed by atoms with Crippen LogP contribution in [0.3, 0.4) is 0 Å². The van der Waals surface area contributed by atoms with E-state index in [-0.39, 0.29) is 3.52 Å². The van der Waals surface area contributed by atoms with Crippen molar-refractivity contribution in [3.05, 3.63) is 0 Å². The van der Waals surface area contributed by atoms with Crippen LogP contribution in [0.1, 0.15) is 0 Å². The number of rotatable bonds is 0. The second kappa shape index (κ2) is 4.51. The van der Waals surface area contributed by atoms with Crippen molar-refractivity contribution in [3.8, 4) is 0 Å². The predicted octanol–water partition coefficient (Wildman–Crippen LogP) is 0.442. The molecule has 3 N–H and O–H groups in total. The van der Waals surface area contributed by atoms with Crippen molar-refractivity contribution in [2.45, 2.75) is 0 Å². The van der Waals surface area contributed by atoms with E-state index in [4.69, 9.17) is 42.8 Å². The normalized spacial score (nSPS) is 11.9. The number of phosphoric acid groups is 1. The number of nitrogens with zero attached hydrogens (tertiary/aromatic N) is 1. The van der Waals surface area contributed by atoms with Crippen molar-refractivity contribution >= 4 is 31.4 Å². The van der Waals surface area contributed by atoms with E-state index in [9.17, 15) is 0 Å². The van der Waals surface area contributed by atoms with Gasteiger partial charge in [0.1, 0.15) is 14.1 Å². The molecule has 0 aromatic carbocycles. The van der Waals surface area contributed by atoms with Gasteiger partial charge in [-0.1, -0.05) is 0 Å². The third-order valence-corrected chi connectivity index (χ3v) is 0. The molecule has 64 valence electrons. The Kier molecular flexibility index (Phi) is 5.98. The van der Waals surface area contributed by atoms with Crippen LogP contribution in [0.4, 0.5) is 0 Å². The number of hydrogen-bond acceptors (Lipinski definition) is 1. The molecule has 5 nitrogen and oxygen atoms in total. The molecule has 0 saturated carbocycles. The molecule has 0 atom stereocenters. The Bertz CT molecular complexity index is 113. The summed E-state index contributed by atoms with van der Waals surface area (Å²) in [4.78, 5) is 21.6. The van der Waals surface area contributed by atoms with E-state index in [1.165, 1.54) is 0 Å². The van der Waals surface area contributed by atoms with Gasteiger partial charge < -0.3 is 14.7 Å². The minimum atomic E-state index is -4.64. The molecule has 0 rings (SSSR count). The van der Waals surface area contributed by atoms with Crippen LogP contribution in [-0.2, 0) is 4.57 Å². The summed E-state index contributed by atoms with van der Waals surface area (Å²) in [6.07, 6.45) is 0. The Balaban J connectivity index is 0. The van der Waals surface area contributed by atoms with Gasteiger partial charge in [-0.25, -0.2) is 4.57 Å². The topological polar surface area (TPSA) is 77.8 Å². The highest BCUT2D eigenvalue weighted by atomic mass is 35.5. The minimum absolute atomic E-state index is 0.0556. The average molecular weight is 213 g/mol. The summed E-state index contributed by atoms with van der Waals surface area (Å²) in [6, 6.07) is 0. The van der Waals surface area contributed by atoms with Crippen LogP contribution in [-0.4, -0.2) is 32.3 Å². The summed E-state index contributed by atoms with van der Waals surface area (Å²) in [5.74, 6) is 0. The molecule has 0 spiro atoms. The van der Waals surface area contributed by atoms with Gasteiger partial charge in [0.2, 0.25) is 0 Å². The second-order valence-corrected chi connectivity index (χ2v) is 4.59. The van der Waals surface area contributed by atoms with Crippen LogP contribution in [0.15, 0.2) is 0 Å². The first kappa shape index (κ1) is 13.3. The molecule has 0 aromatic rings. The SMILES string of the molecule is C[N+](C)(Cl)Cl.O=P(O)(O)O. The smallest absolute Gasteiger partial charge is 0.303 e. The van der Waals surface area contributed by atoms with Gasteiger partial charge in [0.05, 0.1) is 0 Å². The number of quaternary nitrogens is 1. The van der Waals surface area contributed by atoms with E-state index < -0.39 is 7.82 Å². The average Bonchev–Trinajstić information content (AvgIpc) is 1.12. The summed E-state index contributed by atoms with van der Waals surface area (Å²) >= 11 is 10.5. The first-order valence-electron chi connectivity index (χ1n) is 2.02. The molecule has 0 aromatic heterocycles. The van der Waals surface area contributed by atoms with E-state index >= 15 is 0 Å². The molecule has 0 saturated heterocycles. The van der Waals surface area contributed by atoms with Gasteiger partial charge in [0, 0.05) is 0 Å². The van der Waals surface area contributed by atoms with Gasteiger partial charge in [-0.05, 0) is 0 Å². The molecule has 10 heavy (non-hydrogen) atoms. The highest BCUT2D eigenvalue weighted by Gasteiger charge is 2.02. The van der Waals surface area contributed by atoms with Crippen molar-refractivity contribution in [2.24, 2.45) is 0 Å². The Labute approximate surface area is 68.8 Å². The third-order valence-electron chi connectivity index (χ3n) is 0. The van der Waals surface area contributed by atoms with E-state index in [0.29, 0.717) is 0 Å². The van der Waals surface area contributed by atoms with Crippen molar-refractivity contribution in [1.82, 2.24) is 0 Å². The molecule has 0 fully saturated rings. The van der Waals surface area contributed by atoms with Crippen molar-refractivity contribution in [2.75, 3.05) is 14.1 Å². The summed E-state index contributed by atoms with van der Waals surface area (Å²) in [7, 11) is -1.33. The summed E-state index contributed by atoms with van der Waals surface area (Å²) in [5.41, 5.74) is 0. The molecule has 0 unspecified atom stereocenters. The largest absolute Gasteiger partial charge is 0.466 e. The van der Waals surface area contributed by atoms with E-state index in [1.54, 1.807) is 14.1 Å². The minimum Gasteiger partial charge on any atom is -0.303 e.